The third-order valence-electron chi connectivity index (χ3n) is 1.31. The van der Waals surface area contributed by atoms with Gasteiger partial charge >= 0.3 is 0 Å². The first-order chi connectivity index (χ1) is 4.70. The van der Waals surface area contributed by atoms with Crippen molar-refractivity contribution >= 4 is 5.78 Å². The third kappa shape index (κ3) is 9.37. The predicted molar refractivity (Wildman–Crippen MR) is 54.4 cm³/mol. The lowest BCUT2D eigenvalue weighted by atomic mass is 10.3. The van der Waals surface area contributed by atoms with Gasteiger partial charge in [0.05, 0.1) is 6.10 Å². The van der Waals surface area contributed by atoms with Gasteiger partial charge in [0.1, 0.15) is 6.61 Å². The molecule has 74 valence electrons. The van der Waals surface area contributed by atoms with Crippen molar-refractivity contribution in [2.75, 3.05) is 6.61 Å². The highest BCUT2D eigenvalue weighted by Gasteiger charge is 2.00. The Kier molecular flexibility index (Phi) is 15.1. The molecule has 0 saturated heterocycles. The molecule has 0 aromatic carbocycles. The minimum absolute atomic E-state index is 0. The zero-order valence-corrected chi connectivity index (χ0v) is 6.59. The monoisotopic (exact) mass is 174 g/mol. The second-order valence-electron chi connectivity index (χ2n) is 2.20. The minimum atomic E-state index is -0.0553. The van der Waals surface area contributed by atoms with E-state index in [0.29, 0.717) is 0 Å². The standard InChI is InChI=1S/C8H14O2.2CH4/c1-4-7(3)10-6-8(9)5-2;;/h5,7H,2,4,6H2,1,3H3;2*1H4. The second-order valence-corrected chi connectivity index (χ2v) is 2.20. The fourth-order valence-corrected chi connectivity index (χ4v) is 0.401. The predicted octanol–water partition coefficient (Wildman–Crippen LogP) is 2.83. The van der Waals surface area contributed by atoms with E-state index < -0.39 is 0 Å². The first-order valence-corrected chi connectivity index (χ1v) is 3.47. The van der Waals surface area contributed by atoms with Gasteiger partial charge in [-0.3, -0.25) is 4.79 Å². The number of carbonyl (C=O) groups is 1. The molecule has 12 heavy (non-hydrogen) atoms. The topological polar surface area (TPSA) is 26.3 Å². The molecule has 1 unspecified atom stereocenters. The zero-order chi connectivity index (χ0) is 7.98. The SMILES string of the molecule is C.C.C=CC(=O)COC(C)CC. The molecule has 0 aliphatic rings. The number of hydrogen-bond acceptors (Lipinski definition) is 2. The minimum Gasteiger partial charge on any atom is -0.370 e. The van der Waals surface area contributed by atoms with Gasteiger partial charge in [-0.05, 0) is 19.4 Å². The fraction of sp³-hybridized carbons (Fsp3) is 0.700. The molecular formula is C10H22O2. The van der Waals surface area contributed by atoms with Gasteiger partial charge in [0, 0.05) is 0 Å². The Morgan fingerprint density at radius 3 is 2.42 bits per heavy atom. The lowest BCUT2D eigenvalue weighted by Gasteiger charge is -2.07. The highest BCUT2D eigenvalue weighted by atomic mass is 16.5. The van der Waals surface area contributed by atoms with Gasteiger partial charge in [-0.2, -0.15) is 0 Å². The van der Waals surface area contributed by atoms with Gasteiger partial charge in [-0.15, -0.1) is 0 Å². The molecule has 2 heteroatoms. The molecule has 0 aromatic heterocycles. The van der Waals surface area contributed by atoms with Crippen LogP contribution >= 0.6 is 0 Å². The van der Waals surface area contributed by atoms with Gasteiger partial charge in [0.25, 0.3) is 0 Å². The van der Waals surface area contributed by atoms with Crippen molar-refractivity contribution in [1.82, 2.24) is 0 Å². The van der Waals surface area contributed by atoms with Crippen LogP contribution in [0.1, 0.15) is 35.1 Å². The summed E-state index contributed by atoms with van der Waals surface area (Å²) in [6.45, 7) is 7.46. The maximum absolute atomic E-state index is 10.6. The first-order valence-electron chi connectivity index (χ1n) is 3.47. The lowest BCUT2D eigenvalue weighted by molar-refractivity contribution is -0.120. The molecule has 0 N–H and O–H groups in total. The summed E-state index contributed by atoms with van der Waals surface area (Å²) in [6, 6.07) is 0. The highest BCUT2D eigenvalue weighted by molar-refractivity contribution is 5.90. The van der Waals surface area contributed by atoms with E-state index >= 15 is 0 Å². The Morgan fingerprint density at radius 1 is 1.58 bits per heavy atom. The normalized spacial score (nSPS) is 10.5. The molecule has 0 saturated carbocycles. The number of hydrogen-bond donors (Lipinski definition) is 0. The van der Waals surface area contributed by atoms with Crippen molar-refractivity contribution < 1.29 is 9.53 Å². The molecule has 0 radical (unpaired) electrons. The molecule has 0 fully saturated rings. The molecule has 0 aliphatic carbocycles. The second kappa shape index (κ2) is 10.4. The molecule has 0 spiro atoms. The summed E-state index contributed by atoms with van der Waals surface area (Å²) < 4.78 is 5.12. The van der Waals surface area contributed by atoms with Gasteiger partial charge in [0.15, 0.2) is 5.78 Å². The van der Waals surface area contributed by atoms with Gasteiger partial charge in [-0.1, -0.05) is 28.4 Å². The summed E-state index contributed by atoms with van der Waals surface area (Å²) in [5.41, 5.74) is 0. The Morgan fingerprint density at radius 2 is 2.08 bits per heavy atom. The van der Waals surface area contributed by atoms with E-state index in [0.717, 1.165) is 6.42 Å². The molecule has 0 amide bonds. The van der Waals surface area contributed by atoms with Crippen molar-refractivity contribution in [3.8, 4) is 0 Å². The van der Waals surface area contributed by atoms with Gasteiger partial charge < -0.3 is 4.74 Å². The van der Waals surface area contributed by atoms with Crippen LogP contribution in [0.2, 0.25) is 0 Å². The summed E-state index contributed by atoms with van der Waals surface area (Å²) in [5, 5.41) is 0. The first kappa shape index (κ1) is 17.5. The number of ether oxygens (including phenoxy) is 1. The molecule has 2 nitrogen and oxygen atoms in total. The van der Waals surface area contributed by atoms with E-state index in [1.807, 2.05) is 13.8 Å². The molecule has 0 heterocycles. The van der Waals surface area contributed by atoms with E-state index in [4.69, 9.17) is 4.74 Å². The fourth-order valence-electron chi connectivity index (χ4n) is 0.401. The Labute approximate surface area is 76.6 Å². The van der Waals surface area contributed by atoms with Crippen LogP contribution in [0.3, 0.4) is 0 Å². The van der Waals surface area contributed by atoms with Crippen molar-refractivity contribution in [1.29, 1.82) is 0 Å². The largest absolute Gasteiger partial charge is 0.370 e. The maximum atomic E-state index is 10.6. The Balaban J connectivity index is -0.000000405. The van der Waals surface area contributed by atoms with Crippen LogP contribution in [-0.2, 0) is 9.53 Å². The van der Waals surface area contributed by atoms with Crippen molar-refractivity contribution in [2.24, 2.45) is 0 Å². The Bertz CT molecular complexity index is 119. The van der Waals surface area contributed by atoms with Crippen LogP contribution < -0.4 is 0 Å². The van der Waals surface area contributed by atoms with Gasteiger partial charge in [0.2, 0.25) is 0 Å². The van der Waals surface area contributed by atoms with Crippen LogP contribution in [-0.4, -0.2) is 18.5 Å². The smallest absolute Gasteiger partial charge is 0.180 e. The van der Waals surface area contributed by atoms with Crippen LogP contribution in [0.4, 0.5) is 0 Å². The van der Waals surface area contributed by atoms with Crippen molar-refractivity contribution in [2.45, 2.75) is 41.2 Å². The van der Waals surface area contributed by atoms with Crippen LogP contribution in [0.15, 0.2) is 12.7 Å². The van der Waals surface area contributed by atoms with E-state index in [-0.39, 0.29) is 33.3 Å². The average Bonchev–Trinajstić information content (AvgIpc) is 1.99. The quantitative estimate of drug-likeness (QED) is 0.599. The van der Waals surface area contributed by atoms with Crippen molar-refractivity contribution in [3.05, 3.63) is 12.7 Å². The third-order valence-corrected chi connectivity index (χ3v) is 1.31. The van der Waals surface area contributed by atoms with E-state index in [2.05, 4.69) is 6.58 Å². The van der Waals surface area contributed by atoms with Crippen molar-refractivity contribution in [3.63, 3.8) is 0 Å². The maximum Gasteiger partial charge on any atom is 0.180 e. The van der Waals surface area contributed by atoms with E-state index in [1.54, 1.807) is 0 Å². The molecular weight excluding hydrogens is 152 g/mol. The summed E-state index contributed by atoms with van der Waals surface area (Å²) >= 11 is 0. The van der Waals surface area contributed by atoms with E-state index in [1.165, 1.54) is 6.08 Å². The summed E-state index contributed by atoms with van der Waals surface area (Å²) in [7, 11) is 0. The van der Waals surface area contributed by atoms with E-state index in [9.17, 15) is 4.79 Å². The molecule has 0 bridgehead atoms. The number of carbonyl (C=O) groups excluding carboxylic acids is 1. The zero-order valence-electron chi connectivity index (χ0n) is 6.59. The Hall–Kier alpha value is -0.630. The summed E-state index contributed by atoms with van der Waals surface area (Å²) in [6.07, 6.45) is 2.39. The number of ketones is 1. The lowest BCUT2D eigenvalue weighted by Crippen LogP contribution is -2.12. The average molecular weight is 174 g/mol. The number of rotatable bonds is 5. The molecule has 0 aromatic rings. The molecule has 0 aliphatic heterocycles. The summed E-state index contributed by atoms with van der Waals surface area (Å²) in [4.78, 5) is 10.6. The summed E-state index contributed by atoms with van der Waals surface area (Å²) in [5.74, 6) is -0.0553. The highest BCUT2D eigenvalue weighted by Crippen LogP contribution is 1.94. The van der Waals surface area contributed by atoms with Crippen LogP contribution in [0.5, 0.6) is 0 Å². The molecule has 1 atom stereocenters. The van der Waals surface area contributed by atoms with Gasteiger partial charge in [-0.25, -0.2) is 0 Å². The molecule has 0 rings (SSSR count). The van der Waals surface area contributed by atoms with Crippen LogP contribution in [0, 0.1) is 0 Å². The van der Waals surface area contributed by atoms with Crippen LogP contribution in [0.25, 0.3) is 0 Å².